The van der Waals surface area contributed by atoms with Gasteiger partial charge in [0, 0.05) is 6.04 Å². The number of halogens is 1. The molecule has 1 aromatic rings. The van der Waals surface area contributed by atoms with E-state index in [-0.39, 0.29) is 16.7 Å². The van der Waals surface area contributed by atoms with Crippen molar-refractivity contribution in [2.24, 2.45) is 0 Å². The SMILES string of the molecule is CCNC(C)CCS(=O)(=O)c1ccccc1Cl. The Balaban J connectivity index is 2.73. The van der Waals surface area contributed by atoms with Crippen molar-refractivity contribution in [1.29, 1.82) is 0 Å². The Kier molecular flexibility index (Phi) is 5.43. The molecular formula is C12H18ClNO2S. The summed E-state index contributed by atoms with van der Waals surface area (Å²) in [6.45, 7) is 4.82. The van der Waals surface area contributed by atoms with Gasteiger partial charge in [0.25, 0.3) is 0 Å². The van der Waals surface area contributed by atoms with Gasteiger partial charge in [-0.1, -0.05) is 30.7 Å². The van der Waals surface area contributed by atoms with Gasteiger partial charge in [-0.2, -0.15) is 0 Å². The van der Waals surface area contributed by atoms with Crippen molar-refractivity contribution >= 4 is 21.4 Å². The minimum atomic E-state index is -3.28. The lowest BCUT2D eigenvalue weighted by molar-refractivity contribution is 0.541. The molecular weight excluding hydrogens is 258 g/mol. The normalized spacial score (nSPS) is 13.6. The second-order valence-electron chi connectivity index (χ2n) is 4.00. The fourth-order valence-corrected chi connectivity index (χ4v) is 3.61. The Morgan fingerprint density at radius 1 is 1.35 bits per heavy atom. The maximum absolute atomic E-state index is 12.0. The topological polar surface area (TPSA) is 46.2 Å². The van der Waals surface area contributed by atoms with E-state index < -0.39 is 9.84 Å². The molecule has 0 amide bonds. The lowest BCUT2D eigenvalue weighted by Crippen LogP contribution is -2.28. The van der Waals surface area contributed by atoms with E-state index in [0.717, 1.165) is 6.54 Å². The molecule has 0 bridgehead atoms. The summed E-state index contributed by atoms with van der Waals surface area (Å²) in [5.74, 6) is 0.116. The average molecular weight is 276 g/mol. The van der Waals surface area contributed by atoms with Crippen LogP contribution in [0.3, 0.4) is 0 Å². The molecule has 0 saturated heterocycles. The molecule has 1 rings (SSSR count). The van der Waals surface area contributed by atoms with Gasteiger partial charge in [0.1, 0.15) is 0 Å². The van der Waals surface area contributed by atoms with Crippen LogP contribution in [0.5, 0.6) is 0 Å². The van der Waals surface area contributed by atoms with Crippen LogP contribution >= 0.6 is 11.6 Å². The van der Waals surface area contributed by atoms with E-state index in [9.17, 15) is 8.42 Å². The van der Waals surface area contributed by atoms with Crippen LogP contribution in [-0.2, 0) is 9.84 Å². The van der Waals surface area contributed by atoms with Crippen LogP contribution < -0.4 is 5.32 Å². The van der Waals surface area contributed by atoms with Gasteiger partial charge in [0.05, 0.1) is 15.7 Å². The van der Waals surface area contributed by atoms with Gasteiger partial charge in [0.2, 0.25) is 0 Å². The molecule has 1 N–H and O–H groups in total. The zero-order valence-corrected chi connectivity index (χ0v) is 11.7. The predicted octanol–water partition coefficient (Wildman–Crippen LogP) is 2.50. The molecule has 96 valence electrons. The Bertz CT molecular complexity index is 459. The second-order valence-corrected chi connectivity index (χ2v) is 6.48. The molecule has 0 aliphatic carbocycles. The van der Waals surface area contributed by atoms with Crippen molar-refractivity contribution in [3.8, 4) is 0 Å². The molecule has 1 unspecified atom stereocenters. The third-order valence-electron chi connectivity index (χ3n) is 2.54. The minimum absolute atomic E-state index is 0.116. The van der Waals surface area contributed by atoms with Crippen LogP contribution in [0, 0.1) is 0 Å². The molecule has 0 aromatic heterocycles. The standard InChI is InChI=1S/C12H18ClNO2S/c1-3-14-10(2)8-9-17(15,16)12-7-5-4-6-11(12)13/h4-7,10,14H,3,8-9H2,1-2H3. The number of benzene rings is 1. The quantitative estimate of drug-likeness (QED) is 0.868. The number of rotatable bonds is 6. The fraction of sp³-hybridized carbons (Fsp3) is 0.500. The van der Waals surface area contributed by atoms with Gasteiger partial charge < -0.3 is 5.32 Å². The molecule has 0 saturated carbocycles. The largest absolute Gasteiger partial charge is 0.314 e. The van der Waals surface area contributed by atoms with Crippen molar-refractivity contribution in [3.63, 3.8) is 0 Å². The highest BCUT2D eigenvalue weighted by Crippen LogP contribution is 2.22. The first kappa shape index (κ1) is 14.5. The summed E-state index contributed by atoms with van der Waals surface area (Å²) in [5.41, 5.74) is 0. The molecule has 0 fully saturated rings. The third kappa shape index (κ3) is 4.30. The van der Waals surface area contributed by atoms with Gasteiger partial charge in [0.15, 0.2) is 9.84 Å². The number of sulfone groups is 1. The zero-order valence-electron chi connectivity index (χ0n) is 10.1. The van der Waals surface area contributed by atoms with Crippen molar-refractivity contribution in [2.45, 2.75) is 31.2 Å². The van der Waals surface area contributed by atoms with E-state index in [1.54, 1.807) is 24.3 Å². The van der Waals surface area contributed by atoms with Crippen LogP contribution in [-0.4, -0.2) is 26.8 Å². The number of hydrogen-bond acceptors (Lipinski definition) is 3. The van der Waals surface area contributed by atoms with Crippen molar-refractivity contribution in [3.05, 3.63) is 29.3 Å². The summed E-state index contributed by atoms with van der Waals surface area (Å²) in [7, 11) is -3.28. The summed E-state index contributed by atoms with van der Waals surface area (Å²) in [6, 6.07) is 6.75. The monoisotopic (exact) mass is 275 g/mol. The molecule has 0 radical (unpaired) electrons. The van der Waals surface area contributed by atoms with Crippen LogP contribution in [0.4, 0.5) is 0 Å². The molecule has 17 heavy (non-hydrogen) atoms. The second kappa shape index (κ2) is 6.38. The van der Waals surface area contributed by atoms with Crippen LogP contribution in [0.25, 0.3) is 0 Å². The average Bonchev–Trinajstić information content (AvgIpc) is 2.27. The molecule has 5 heteroatoms. The van der Waals surface area contributed by atoms with Gasteiger partial charge in [-0.15, -0.1) is 0 Å². The number of nitrogens with one attached hydrogen (secondary N) is 1. The summed E-state index contributed by atoms with van der Waals surface area (Å²) < 4.78 is 24.1. The highest BCUT2D eigenvalue weighted by Gasteiger charge is 2.18. The summed E-state index contributed by atoms with van der Waals surface area (Å²) in [4.78, 5) is 0.227. The zero-order chi connectivity index (χ0) is 12.9. The van der Waals surface area contributed by atoms with Gasteiger partial charge in [-0.05, 0) is 32.0 Å². The van der Waals surface area contributed by atoms with Crippen LogP contribution in [0.2, 0.25) is 5.02 Å². The van der Waals surface area contributed by atoms with E-state index in [1.807, 2.05) is 13.8 Å². The van der Waals surface area contributed by atoms with Gasteiger partial charge in [-0.25, -0.2) is 8.42 Å². The summed E-state index contributed by atoms with van der Waals surface area (Å²) >= 11 is 5.89. The first-order valence-corrected chi connectivity index (χ1v) is 7.71. The third-order valence-corrected chi connectivity index (χ3v) is 4.78. The Morgan fingerprint density at radius 2 is 2.00 bits per heavy atom. The summed E-state index contributed by atoms with van der Waals surface area (Å²) in [5, 5.41) is 3.48. The van der Waals surface area contributed by atoms with Crippen LogP contribution in [0.15, 0.2) is 29.2 Å². The minimum Gasteiger partial charge on any atom is -0.314 e. The lowest BCUT2D eigenvalue weighted by atomic mass is 10.3. The van der Waals surface area contributed by atoms with E-state index in [1.165, 1.54) is 0 Å². The lowest BCUT2D eigenvalue weighted by Gasteiger charge is -2.12. The molecule has 1 aromatic carbocycles. The first-order chi connectivity index (χ1) is 7.97. The highest BCUT2D eigenvalue weighted by atomic mass is 35.5. The van der Waals surface area contributed by atoms with Crippen molar-refractivity contribution < 1.29 is 8.42 Å². The van der Waals surface area contributed by atoms with Crippen LogP contribution in [0.1, 0.15) is 20.3 Å². The Hall–Kier alpha value is -0.580. The maximum atomic E-state index is 12.0. The number of hydrogen-bond donors (Lipinski definition) is 1. The van der Waals surface area contributed by atoms with E-state index in [2.05, 4.69) is 5.32 Å². The Labute approximate surface area is 108 Å². The van der Waals surface area contributed by atoms with E-state index in [0.29, 0.717) is 11.4 Å². The van der Waals surface area contributed by atoms with Gasteiger partial charge >= 0.3 is 0 Å². The highest BCUT2D eigenvalue weighted by molar-refractivity contribution is 7.91. The molecule has 3 nitrogen and oxygen atoms in total. The van der Waals surface area contributed by atoms with E-state index >= 15 is 0 Å². The molecule has 0 heterocycles. The fourth-order valence-electron chi connectivity index (χ4n) is 1.59. The van der Waals surface area contributed by atoms with Crippen molar-refractivity contribution in [2.75, 3.05) is 12.3 Å². The van der Waals surface area contributed by atoms with Gasteiger partial charge in [-0.3, -0.25) is 0 Å². The molecule has 0 aliphatic heterocycles. The van der Waals surface area contributed by atoms with E-state index in [4.69, 9.17) is 11.6 Å². The molecule has 0 aliphatic rings. The first-order valence-electron chi connectivity index (χ1n) is 5.68. The maximum Gasteiger partial charge on any atom is 0.179 e. The Morgan fingerprint density at radius 3 is 2.59 bits per heavy atom. The molecule has 0 spiro atoms. The van der Waals surface area contributed by atoms with Crippen molar-refractivity contribution in [1.82, 2.24) is 5.32 Å². The smallest absolute Gasteiger partial charge is 0.179 e. The summed E-state index contributed by atoms with van der Waals surface area (Å²) in [6.07, 6.45) is 0.585. The predicted molar refractivity (Wildman–Crippen MR) is 71.3 cm³/mol. The molecule has 1 atom stereocenters.